The molecular weight excluding hydrogens is 364 g/mol. The molecular formula is C20H24N2O4S. The first-order chi connectivity index (χ1) is 12.9. The van der Waals surface area contributed by atoms with Gasteiger partial charge < -0.3 is 15.4 Å². The second kappa shape index (κ2) is 9.87. The summed E-state index contributed by atoms with van der Waals surface area (Å²) in [6.45, 7) is 6.02. The lowest BCUT2D eigenvalue weighted by Crippen LogP contribution is -2.23. The maximum Gasteiger partial charge on any atom is 0.348 e. The number of esters is 1. The fraction of sp³-hybridized carbons (Fsp3) is 0.350. The second-order valence-electron chi connectivity index (χ2n) is 6.01. The molecule has 2 aromatic rings. The largest absolute Gasteiger partial charge is 0.451 e. The molecule has 144 valence electrons. The molecule has 2 N–H and O–H groups in total. The molecule has 2 amide bonds. The predicted molar refractivity (Wildman–Crippen MR) is 106 cm³/mol. The lowest BCUT2D eigenvalue weighted by Gasteiger charge is -2.08. The van der Waals surface area contributed by atoms with Gasteiger partial charge in [-0.05, 0) is 50.1 Å². The van der Waals surface area contributed by atoms with Crippen LogP contribution in [0.3, 0.4) is 0 Å². The van der Waals surface area contributed by atoms with Crippen molar-refractivity contribution < 1.29 is 19.1 Å². The number of hydrogen-bond acceptors (Lipinski definition) is 5. The smallest absolute Gasteiger partial charge is 0.348 e. The van der Waals surface area contributed by atoms with E-state index in [4.69, 9.17) is 4.74 Å². The molecule has 0 aliphatic carbocycles. The van der Waals surface area contributed by atoms with Crippen molar-refractivity contribution in [2.24, 2.45) is 0 Å². The minimum Gasteiger partial charge on any atom is -0.451 e. The molecule has 0 saturated heterocycles. The van der Waals surface area contributed by atoms with Crippen LogP contribution in [-0.2, 0) is 16.0 Å². The molecule has 0 radical (unpaired) electrons. The number of benzene rings is 1. The van der Waals surface area contributed by atoms with E-state index in [9.17, 15) is 14.4 Å². The topological polar surface area (TPSA) is 84.5 Å². The molecule has 0 fully saturated rings. The maximum atomic E-state index is 12.1. The lowest BCUT2D eigenvalue weighted by molar-refractivity contribution is -0.119. The van der Waals surface area contributed by atoms with E-state index in [1.165, 1.54) is 11.3 Å². The van der Waals surface area contributed by atoms with Crippen molar-refractivity contribution in [2.45, 2.75) is 33.6 Å². The van der Waals surface area contributed by atoms with Gasteiger partial charge in [-0.2, -0.15) is 0 Å². The predicted octanol–water partition coefficient (Wildman–Crippen LogP) is 3.55. The van der Waals surface area contributed by atoms with Gasteiger partial charge in [0.05, 0.1) is 0 Å². The maximum absolute atomic E-state index is 12.1. The summed E-state index contributed by atoms with van der Waals surface area (Å²) < 4.78 is 5.10. The van der Waals surface area contributed by atoms with Gasteiger partial charge >= 0.3 is 5.97 Å². The van der Waals surface area contributed by atoms with Crippen molar-refractivity contribution in [3.8, 4) is 0 Å². The number of nitrogens with one attached hydrogen (secondary N) is 2. The summed E-state index contributed by atoms with van der Waals surface area (Å²) in [6.07, 6.45) is 1.92. The van der Waals surface area contributed by atoms with Gasteiger partial charge in [0, 0.05) is 22.7 Å². The Morgan fingerprint density at radius 3 is 2.63 bits per heavy atom. The van der Waals surface area contributed by atoms with Gasteiger partial charge in [-0.3, -0.25) is 9.59 Å². The number of ether oxygens (including phenoxy) is 1. The third-order valence-corrected chi connectivity index (χ3v) is 4.89. The average Bonchev–Trinajstić information content (AvgIpc) is 3.01. The van der Waals surface area contributed by atoms with Crippen molar-refractivity contribution in [3.05, 3.63) is 51.2 Å². The molecule has 7 heteroatoms. The summed E-state index contributed by atoms with van der Waals surface area (Å²) in [6, 6.07) is 8.41. The molecule has 0 saturated carbocycles. The summed E-state index contributed by atoms with van der Waals surface area (Å²) in [7, 11) is 0. The highest BCUT2D eigenvalue weighted by Gasteiger charge is 2.15. The van der Waals surface area contributed by atoms with Crippen molar-refractivity contribution >= 4 is 34.8 Å². The number of amides is 2. The molecule has 2 rings (SSSR count). The first-order valence-corrected chi connectivity index (χ1v) is 9.70. The monoisotopic (exact) mass is 388 g/mol. The SMILES string of the molecule is CCCc1cc(C(=O)OCC(=O)Nc2cccc(C(=O)NCC)c2)sc1C. The number of thiophene rings is 1. The fourth-order valence-electron chi connectivity index (χ4n) is 2.54. The van der Waals surface area contributed by atoms with Crippen molar-refractivity contribution in [3.63, 3.8) is 0 Å². The summed E-state index contributed by atoms with van der Waals surface area (Å²) in [5.74, 6) is -1.17. The lowest BCUT2D eigenvalue weighted by atomic mass is 10.1. The average molecular weight is 388 g/mol. The highest BCUT2D eigenvalue weighted by atomic mass is 32.1. The number of hydrogen-bond donors (Lipinski definition) is 2. The summed E-state index contributed by atoms with van der Waals surface area (Å²) in [5.41, 5.74) is 2.06. The molecule has 27 heavy (non-hydrogen) atoms. The van der Waals surface area contributed by atoms with Crippen LogP contribution in [-0.4, -0.2) is 30.9 Å². The summed E-state index contributed by atoms with van der Waals surface area (Å²) in [4.78, 5) is 37.6. The van der Waals surface area contributed by atoms with Crippen molar-refractivity contribution in [2.75, 3.05) is 18.5 Å². The van der Waals surface area contributed by atoms with Gasteiger partial charge in [0.1, 0.15) is 4.88 Å². The first-order valence-electron chi connectivity index (χ1n) is 8.89. The Labute approximate surface area is 162 Å². The van der Waals surface area contributed by atoms with Crippen LogP contribution in [0.2, 0.25) is 0 Å². The molecule has 0 unspecified atom stereocenters. The Morgan fingerprint density at radius 2 is 1.93 bits per heavy atom. The molecule has 1 heterocycles. The number of carbonyl (C=O) groups excluding carboxylic acids is 3. The van der Waals surface area contributed by atoms with E-state index in [1.54, 1.807) is 24.3 Å². The zero-order valence-corrected chi connectivity index (χ0v) is 16.6. The summed E-state index contributed by atoms with van der Waals surface area (Å²) >= 11 is 1.38. The highest BCUT2D eigenvalue weighted by Crippen LogP contribution is 2.23. The van der Waals surface area contributed by atoms with E-state index >= 15 is 0 Å². The van der Waals surface area contributed by atoms with Crippen LogP contribution in [0.5, 0.6) is 0 Å². The molecule has 0 spiro atoms. The van der Waals surface area contributed by atoms with E-state index < -0.39 is 11.9 Å². The summed E-state index contributed by atoms with van der Waals surface area (Å²) in [5, 5.41) is 5.33. The zero-order valence-electron chi connectivity index (χ0n) is 15.8. The second-order valence-corrected chi connectivity index (χ2v) is 7.26. The van der Waals surface area contributed by atoms with Crippen LogP contribution in [0.25, 0.3) is 0 Å². The van der Waals surface area contributed by atoms with Gasteiger partial charge in [0.25, 0.3) is 11.8 Å². The van der Waals surface area contributed by atoms with Gasteiger partial charge in [-0.25, -0.2) is 4.79 Å². The van der Waals surface area contributed by atoms with Gasteiger partial charge in [0.2, 0.25) is 0 Å². The van der Waals surface area contributed by atoms with Crippen LogP contribution in [0.15, 0.2) is 30.3 Å². The normalized spacial score (nSPS) is 10.3. The van der Waals surface area contributed by atoms with Gasteiger partial charge in [-0.15, -0.1) is 11.3 Å². The van der Waals surface area contributed by atoms with E-state index in [-0.39, 0.29) is 12.5 Å². The molecule has 0 aliphatic rings. The number of anilines is 1. The third-order valence-electron chi connectivity index (χ3n) is 3.82. The Kier molecular flexibility index (Phi) is 7.55. The highest BCUT2D eigenvalue weighted by molar-refractivity contribution is 7.14. The van der Waals surface area contributed by atoms with Crippen LogP contribution in [0, 0.1) is 6.92 Å². The molecule has 1 aromatic heterocycles. The first kappa shape index (κ1) is 20.6. The van der Waals surface area contributed by atoms with Crippen LogP contribution >= 0.6 is 11.3 Å². The molecule has 0 bridgehead atoms. The third kappa shape index (κ3) is 5.92. The Balaban J connectivity index is 1.90. The van der Waals surface area contributed by atoms with Gasteiger partial charge in [0.15, 0.2) is 6.61 Å². The molecule has 0 aliphatic heterocycles. The van der Waals surface area contributed by atoms with E-state index in [2.05, 4.69) is 17.6 Å². The number of carbonyl (C=O) groups is 3. The minimum atomic E-state index is -0.503. The Hall–Kier alpha value is -2.67. The van der Waals surface area contributed by atoms with E-state index in [1.807, 2.05) is 19.9 Å². The van der Waals surface area contributed by atoms with Crippen molar-refractivity contribution in [1.29, 1.82) is 0 Å². The van der Waals surface area contributed by atoms with E-state index in [0.29, 0.717) is 22.7 Å². The van der Waals surface area contributed by atoms with Gasteiger partial charge in [-0.1, -0.05) is 19.4 Å². The van der Waals surface area contributed by atoms with Crippen molar-refractivity contribution in [1.82, 2.24) is 5.32 Å². The number of aryl methyl sites for hydroxylation is 2. The molecule has 1 aromatic carbocycles. The van der Waals surface area contributed by atoms with Crippen LogP contribution in [0.1, 0.15) is 50.7 Å². The molecule has 0 atom stereocenters. The van der Waals surface area contributed by atoms with Crippen LogP contribution in [0.4, 0.5) is 5.69 Å². The number of rotatable bonds is 8. The fourth-order valence-corrected chi connectivity index (χ4v) is 3.50. The van der Waals surface area contributed by atoms with E-state index in [0.717, 1.165) is 23.3 Å². The standard InChI is InChI=1S/C20H24N2O4S/c1-4-7-14-11-17(27-13(14)3)20(25)26-12-18(23)22-16-9-6-8-15(10-16)19(24)21-5-2/h6,8-11H,4-5,7,12H2,1-3H3,(H,21,24)(H,22,23). The quantitative estimate of drug-likeness (QED) is 0.677. The Bertz CT molecular complexity index is 829. The van der Waals surface area contributed by atoms with Crippen LogP contribution < -0.4 is 10.6 Å². The minimum absolute atomic E-state index is 0.212. The Morgan fingerprint density at radius 1 is 1.15 bits per heavy atom. The molecule has 6 nitrogen and oxygen atoms in total. The zero-order chi connectivity index (χ0) is 19.8.